The molecule has 0 N–H and O–H groups in total. The van der Waals surface area contributed by atoms with Crippen molar-refractivity contribution in [2.45, 2.75) is 70.8 Å². The van der Waals surface area contributed by atoms with Crippen molar-refractivity contribution in [3.05, 3.63) is 11.4 Å². The van der Waals surface area contributed by atoms with Gasteiger partial charge >= 0.3 is 0 Å². The molecular weight excluding hydrogens is 194 g/mol. The fraction of sp³-hybridized carbons (Fsp3) is 0.933. The van der Waals surface area contributed by atoms with Gasteiger partial charge in [0.15, 0.2) is 0 Å². The third kappa shape index (κ3) is 3.24. The van der Waals surface area contributed by atoms with Crippen molar-refractivity contribution >= 4 is 0 Å². The van der Waals surface area contributed by atoms with Crippen LogP contribution in [0.5, 0.6) is 0 Å². The van der Waals surface area contributed by atoms with Crippen LogP contribution in [0.15, 0.2) is 0 Å². The molecular formula is C15H25N. The third-order valence-corrected chi connectivity index (χ3v) is 4.80. The Morgan fingerprint density at radius 2 is 1.38 bits per heavy atom. The Morgan fingerprint density at radius 1 is 0.875 bits per heavy atom. The average molecular weight is 219 g/mol. The molecule has 16 heavy (non-hydrogen) atoms. The highest BCUT2D eigenvalue weighted by atomic mass is 14.7. The topological polar surface area (TPSA) is 4.36 Å². The summed E-state index contributed by atoms with van der Waals surface area (Å²) in [6, 6.07) is 0.364. The molecule has 0 atom stereocenters. The SMILES string of the molecule is [C-]#[N+]C1CCC(CC2CCC(C)CC2)CC1. The van der Waals surface area contributed by atoms with Gasteiger partial charge in [0.05, 0.1) is 0 Å². The highest BCUT2D eigenvalue weighted by Gasteiger charge is 2.27. The van der Waals surface area contributed by atoms with Gasteiger partial charge in [0.1, 0.15) is 0 Å². The van der Waals surface area contributed by atoms with Crippen LogP contribution in [0.4, 0.5) is 0 Å². The zero-order valence-corrected chi connectivity index (χ0v) is 10.6. The van der Waals surface area contributed by atoms with Gasteiger partial charge in [-0.05, 0) is 37.0 Å². The molecule has 0 aromatic rings. The first-order chi connectivity index (χ1) is 7.78. The Bertz CT molecular complexity index is 237. The van der Waals surface area contributed by atoms with Gasteiger partial charge in [-0.3, -0.25) is 0 Å². The largest absolute Gasteiger partial charge is 0.314 e. The Kier molecular flexibility index (Phi) is 4.27. The minimum absolute atomic E-state index is 0.364. The first kappa shape index (κ1) is 12.0. The van der Waals surface area contributed by atoms with E-state index >= 15 is 0 Å². The maximum atomic E-state index is 7.06. The lowest BCUT2D eigenvalue weighted by Crippen LogP contribution is -2.21. The summed E-state index contributed by atoms with van der Waals surface area (Å²) in [4.78, 5) is 3.69. The second kappa shape index (κ2) is 5.71. The van der Waals surface area contributed by atoms with Gasteiger partial charge in [0.2, 0.25) is 6.04 Å². The van der Waals surface area contributed by atoms with Crippen LogP contribution in [-0.4, -0.2) is 6.04 Å². The molecule has 2 saturated carbocycles. The number of nitrogens with zero attached hydrogens (tertiary/aromatic N) is 1. The number of rotatable bonds is 2. The van der Waals surface area contributed by atoms with Gasteiger partial charge in [-0.25, -0.2) is 6.57 Å². The quantitative estimate of drug-likeness (QED) is 0.594. The lowest BCUT2D eigenvalue weighted by molar-refractivity contribution is 0.216. The Balaban J connectivity index is 1.69. The predicted molar refractivity (Wildman–Crippen MR) is 68.1 cm³/mol. The fourth-order valence-electron chi connectivity index (χ4n) is 3.55. The maximum absolute atomic E-state index is 7.06. The van der Waals surface area contributed by atoms with Crippen molar-refractivity contribution in [3.8, 4) is 0 Å². The molecule has 1 nitrogen and oxygen atoms in total. The summed E-state index contributed by atoms with van der Waals surface area (Å²) in [7, 11) is 0. The molecule has 0 aliphatic heterocycles. The number of hydrogen-bond acceptors (Lipinski definition) is 0. The molecule has 90 valence electrons. The molecule has 2 fully saturated rings. The predicted octanol–water partition coefficient (Wildman–Crippen LogP) is 4.68. The summed E-state index contributed by atoms with van der Waals surface area (Å²) >= 11 is 0. The van der Waals surface area contributed by atoms with Crippen molar-refractivity contribution in [2.24, 2.45) is 17.8 Å². The van der Waals surface area contributed by atoms with Crippen LogP contribution in [-0.2, 0) is 0 Å². The molecule has 0 aromatic carbocycles. The van der Waals surface area contributed by atoms with Crippen LogP contribution < -0.4 is 0 Å². The summed E-state index contributed by atoms with van der Waals surface area (Å²) in [6.07, 6.45) is 12.4. The summed E-state index contributed by atoms with van der Waals surface area (Å²) in [5, 5.41) is 0. The normalized spacial score (nSPS) is 40.2. The molecule has 0 aromatic heterocycles. The molecule has 0 radical (unpaired) electrons. The Hall–Kier alpha value is -0.510. The van der Waals surface area contributed by atoms with Crippen LogP contribution in [0.1, 0.15) is 64.7 Å². The molecule has 2 rings (SSSR count). The van der Waals surface area contributed by atoms with Crippen LogP contribution >= 0.6 is 0 Å². The van der Waals surface area contributed by atoms with E-state index in [0.717, 1.165) is 17.8 Å². The molecule has 0 heterocycles. The highest BCUT2D eigenvalue weighted by molar-refractivity contribution is 4.85. The van der Waals surface area contributed by atoms with E-state index in [1.165, 1.54) is 57.8 Å². The van der Waals surface area contributed by atoms with E-state index < -0.39 is 0 Å². The minimum Gasteiger partial charge on any atom is -0.314 e. The highest BCUT2D eigenvalue weighted by Crippen LogP contribution is 2.37. The van der Waals surface area contributed by atoms with Gasteiger partial charge in [0.25, 0.3) is 0 Å². The van der Waals surface area contributed by atoms with E-state index in [9.17, 15) is 0 Å². The standard InChI is InChI=1S/C15H25N/c1-12-3-5-13(6-4-12)11-14-7-9-15(16-2)10-8-14/h12-15H,3-11H2,1H3. The first-order valence-electron chi connectivity index (χ1n) is 7.14. The maximum Gasteiger partial charge on any atom is 0.223 e. The van der Waals surface area contributed by atoms with Crippen molar-refractivity contribution in [1.82, 2.24) is 0 Å². The molecule has 2 aliphatic rings. The fourth-order valence-corrected chi connectivity index (χ4v) is 3.55. The zero-order valence-electron chi connectivity index (χ0n) is 10.6. The van der Waals surface area contributed by atoms with Crippen molar-refractivity contribution in [3.63, 3.8) is 0 Å². The van der Waals surface area contributed by atoms with Crippen LogP contribution in [0.2, 0.25) is 0 Å². The second-order valence-electron chi connectivity index (χ2n) is 6.17. The second-order valence-corrected chi connectivity index (χ2v) is 6.17. The van der Waals surface area contributed by atoms with Crippen molar-refractivity contribution in [2.75, 3.05) is 0 Å². The summed E-state index contributed by atoms with van der Waals surface area (Å²) in [5.41, 5.74) is 0. The van der Waals surface area contributed by atoms with Gasteiger partial charge in [0, 0.05) is 12.8 Å². The van der Waals surface area contributed by atoms with E-state index in [1.807, 2.05) is 0 Å². The van der Waals surface area contributed by atoms with Crippen LogP contribution in [0.25, 0.3) is 4.85 Å². The van der Waals surface area contributed by atoms with E-state index in [0.29, 0.717) is 6.04 Å². The Morgan fingerprint density at radius 3 is 1.88 bits per heavy atom. The monoisotopic (exact) mass is 219 g/mol. The lowest BCUT2D eigenvalue weighted by Gasteiger charge is -2.31. The van der Waals surface area contributed by atoms with Gasteiger partial charge in [-0.15, -0.1) is 0 Å². The first-order valence-corrected chi connectivity index (χ1v) is 7.14. The lowest BCUT2D eigenvalue weighted by atomic mass is 9.75. The van der Waals surface area contributed by atoms with E-state index in [-0.39, 0.29) is 0 Å². The third-order valence-electron chi connectivity index (χ3n) is 4.80. The summed E-state index contributed by atoms with van der Waals surface area (Å²) in [5.74, 6) is 2.95. The molecule has 0 saturated heterocycles. The van der Waals surface area contributed by atoms with Crippen LogP contribution in [0, 0.1) is 24.3 Å². The van der Waals surface area contributed by atoms with E-state index in [1.54, 1.807) is 0 Å². The van der Waals surface area contributed by atoms with Gasteiger partial charge < -0.3 is 4.85 Å². The smallest absolute Gasteiger partial charge is 0.223 e. The molecule has 1 heteroatoms. The zero-order chi connectivity index (χ0) is 11.4. The van der Waals surface area contributed by atoms with Gasteiger partial charge in [-0.1, -0.05) is 32.6 Å². The molecule has 0 amide bonds. The molecule has 0 spiro atoms. The van der Waals surface area contributed by atoms with E-state index in [4.69, 9.17) is 6.57 Å². The number of hydrogen-bond donors (Lipinski definition) is 0. The minimum atomic E-state index is 0.364. The molecule has 0 unspecified atom stereocenters. The van der Waals surface area contributed by atoms with Crippen molar-refractivity contribution < 1.29 is 0 Å². The summed E-state index contributed by atoms with van der Waals surface area (Å²) < 4.78 is 0. The van der Waals surface area contributed by atoms with Crippen molar-refractivity contribution in [1.29, 1.82) is 0 Å². The Labute approximate surface area is 100 Å². The van der Waals surface area contributed by atoms with Crippen LogP contribution in [0.3, 0.4) is 0 Å². The molecule has 0 bridgehead atoms. The van der Waals surface area contributed by atoms with E-state index in [2.05, 4.69) is 11.8 Å². The summed E-state index contributed by atoms with van der Waals surface area (Å²) in [6.45, 7) is 9.46. The molecule has 2 aliphatic carbocycles. The van der Waals surface area contributed by atoms with Gasteiger partial charge in [-0.2, -0.15) is 0 Å². The average Bonchev–Trinajstić information content (AvgIpc) is 2.33.